The van der Waals surface area contributed by atoms with Gasteiger partial charge < -0.3 is 0 Å². The van der Waals surface area contributed by atoms with Crippen molar-refractivity contribution in [3.8, 4) is 12.3 Å². The molecular weight excluding hydrogens is 100 g/mol. The molecule has 0 amide bonds. The number of hydrogen-bond acceptors (Lipinski definition) is 2. The molecular formula is C6H8N2. The van der Waals surface area contributed by atoms with Gasteiger partial charge in [-0.3, -0.25) is 0 Å². The third-order valence-corrected chi connectivity index (χ3v) is 1.17. The van der Waals surface area contributed by atoms with Gasteiger partial charge in [-0.15, -0.1) is 16.7 Å². The van der Waals surface area contributed by atoms with Gasteiger partial charge in [0.05, 0.1) is 0 Å². The summed E-state index contributed by atoms with van der Waals surface area (Å²) in [6, 6.07) is 0. The molecule has 0 aromatic heterocycles. The maximum Gasteiger partial charge on any atom is 0.250 e. The molecule has 0 aromatic carbocycles. The molecule has 0 spiro atoms. The van der Waals surface area contributed by atoms with Crippen LogP contribution in [0.15, 0.2) is 10.2 Å². The molecule has 0 saturated heterocycles. The Hall–Kier alpha value is -0.840. The maximum atomic E-state index is 5.12. The highest BCUT2D eigenvalue weighted by Gasteiger charge is 2.35. The first kappa shape index (κ1) is 5.30. The van der Waals surface area contributed by atoms with Crippen LogP contribution >= 0.6 is 0 Å². The summed E-state index contributed by atoms with van der Waals surface area (Å²) in [5.41, 5.74) is -0.380. The second kappa shape index (κ2) is 1.59. The smallest absolute Gasteiger partial charge is 0.144 e. The van der Waals surface area contributed by atoms with Gasteiger partial charge in [-0.05, 0) is 5.92 Å². The molecule has 0 fully saturated rings. The zero-order chi connectivity index (χ0) is 6.04. The molecule has 0 radical (unpaired) electrons. The van der Waals surface area contributed by atoms with Crippen LogP contribution in [0.4, 0.5) is 0 Å². The van der Waals surface area contributed by atoms with Crippen molar-refractivity contribution in [3.63, 3.8) is 0 Å². The molecule has 0 unspecified atom stereocenters. The summed E-state index contributed by atoms with van der Waals surface area (Å²) in [6.07, 6.45) is 7.08. The van der Waals surface area contributed by atoms with Crippen molar-refractivity contribution in [2.45, 2.75) is 25.4 Å². The quantitative estimate of drug-likeness (QED) is 0.480. The van der Waals surface area contributed by atoms with Gasteiger partial charge in [0, 0.05) is 6.42 Å². The Kier molecular flexibility index (Phi) is 1.05. The predicted molar refractivity (Wildman–Crippen MR) is 31.3 cm³/mol. The van der Waals surface area contributed by atoms with Crippen molar-refractivity contribution in [1.29, 1.82) is 0 Å². The monoisotopic (exact) mass is 108 g/mol. The van der Waals surface area contributed by atoms with Crippen LogP contribution < -0.4 is 0 Å². The van der Waals surface area contributed by atoms with Gasteiger partial charge in [0.25, 0.3) is 0 Å². The van der Waals surface area contributed by atoms with E-state index in [0.29, 0.717) is 0 Å². The van der Waals surface area contributed by atoms with Crippen LogP contribution in [0.25, 0.3) is 0 Å². The molecule has 1 aliphatic rings. The van der Waals surface area contributed by atoms with Crippen LogP contribution in [0.3, 0.4) is 0 Å². The zero-order valence-corrected chi connectivity index (χ0v) is 4.89. The zero-order valence-electron chi connectivity index (χ0n) is 4.89. The van der Waals surface area contributed by atoms with Gasteiger partial charge in [0.15, 0.2) is 0 Å². The second-order valence-corrected chi connectivity index (χ2v) is 1.91. The normalized spacial score (nSPS) is 20.0. The molecule has 0 aromatic rings. The minimum Gasteiger partial charge on any atom is -0.144 e. The Morgan fingerprint density at radius 2 is 2.25 bits per heavy atom. The predicted octanol–water partition coefficient (Wildman–Crippen LogP) is 1.58. The van der Waals surface area contributed by atoms with E-state index in [-0.39, 0.29) is 5.66 Å². The Labute approximate surface area is 49.0 Å². The minimum absolute atomic E-state index is 0.380. The topological polar surface area (TPSA) is 24.7 Å². The van der Waals surface area contributed by atoms with E-state index in [1.54, 1.807) is 0 Å². The number of nitrogens with zero attached hydrogens (tertiary/aromatic N) is 2. The van der Waals surface area contributed by atoms with Crippen molar-refractivity contribution < 1.29 is 0 Å². The van der Waals surface area contributed by atoms with Crippen molar-refractivity contribution >= 4 is 0 Å². The van der Waals surface area contributed by atoms with E-state index < -0.39 is 0 Å². The van der Waals surface area contributed by atoms with E-state index in [9.17, 15) is 0 Å². The van der Waals surface area contributed by atoms with E-state index in [0.717, 1.165) is 12.8 Å². The third-order valence-electron chi connectivity index (χ3n) is 1.17. The Morgan fingerprint density at radius 3 is 2.38 bits per heavy atom. The highest BCUT2D eigenvalue weighted by atomic mass is 15.4. The summed E-state index contributed by atoms with van der Waals surface area (Å²) in [5, 5.41) is 7.46. The molecule has 1 heterocycles. The lowest BCUT2D eigenvalue weighted by Gasteiger charge is -1.95. The molecule has 2 nitrogen and oxygen atoms in total. The lowest BCUT2D eigenvalue weighted by Crippen LogP contribution is -2.04. The summed E-state index contributed by atoms with van der Waals surface area (Å²) in [5.74, 6) is 2.52. The van der Waals surface area contributed by atoms with Gasteiger partial charge in [-0.2, -0.15) is 0 Å². The molecule has 1 rings (SSSR count). The fourth-order valence-electron chi connectivity index (χ4n) is 0.639. The van der Waals surface area contributed by atoms with Crippen LogP contribution in [-0.4, -0.2) is 5.66 Å². The van der Waals surface area contributed by atoms with Gasteiger partial charge in [-0.1, -0.05) is 13.3 Å². The van der Waals surface area contributed by atoms with E-state index >= 15 is 0 Å². The molecule has 0 N–H and O–H groups in total. The first-order chi connectivity index (χ1) is 3.83. The standard InChI is InChI=1S/C6H8N2/c1-3-5-6(4-2)7-8-6/h2H,3,5H2,1H3. The number of hydrogen-bond donors (Lipinski definition) is 0. The largest absolute Gasteiger partial charge is 0.250 e. The average Bonchev–Trinajstić information content (AvgIpc) is 2.50. The van der Waals surface area contributed by atoms with Crippen LogP contribution in [0, 0.1) is 12.3 Å². The van der Waals surface area contributed by atoms with Crippen molar-refractivity contribution in [2.75, 3.05) is 0 Å². The van der Waals surface area contributed by atoms with Crippen LogP contribution in [0.5, 0.6) is 0 Å². The first-order valence-electron chi connectivity index (χ1n) is 2.75. The Morgan fingerprint density at radius 1 is 1.62 bits per heavy atom. The molecule has 1 aliphatic heterocycles. The molecule has 0 bridgehead atoms. The van der Waals surface area contributed by atoms with Crippen LogP contribution in [0.1, 0.15) is 19.8 Å². The highest BCUT2D eigenvalue weighted by Crippen LogP contribution is 2.31. The van der Waals surface area contributed by atoms with Crippen LogP contribution in [-0.2, 0) is 0 Å². The molecule has 0 aliphatic carbocycles. The fraction of sp³-hybridized carbons (Fsp3) is 0.667. The van der Waals surface area contributed by atoms with Crippen molar-refractivity contribution in [1.82, 2.24) is 0 Å². The molecule has 8 heavy (non-hydrogen) atoms. The minimum atomic E-state index is -0.380. The highest BCUT2D eigenvalue weighted by molar-refractivity contribution is 5.16. The van der Waals surface area contributed by atoms with Crippen molar-refractivity contribution in [2.24, 2.45) is 10.2 Å². The molecule has 0 atom stereocenters. The summed E-state index contributed by atoms with van der Waals surface area (Å²) in [6.45, 7) is 2.07. The average molecular weight is 108 g/mol. The van der Waals surface area contributed by atoms with Gasteiger partial charge >= 0.3 is 0 Å². The second-order valence-electron chi connectivity index (χ2n) is 1.91. The number of terminal acetylenes is 1. The first-order valence-corrected chi connectivity index (χ1v) is 2.75. The maximum absolute atomic E-state index is 5.12. The van der Waals surface area contributed by atoms with Gasteiger partial charge in [0.2, 0.25) is 5.66 Å². The van der Waals surface area contributed by atoms with Crippen molar-refractivity contribution in [3.05, 3.63) is 0 Å². The molecule has 2 heteroatoms. The summed E-state index contributed by atoms with van der Waals surface area (Å²) in [7, 11) is 0. The summed E-state index contributed by atoms with van der Waals surface area (Å²) < 4.78 is 0. The Balaban J connectivity index is 2.35. The van der Waals surface area contributed by atoms with Crippen LogP contribution in [0.2, 0.25) is 0 Å². The van der Waals surface area contributed by atoms with E-state index in [1.165, 1.54) is 0 Å². The lowest BCUT2D eigenvalue weighted by atomic mass is 10.1. The molecule has 0 saturated carbocycles. The fourth-order valence-corrected chi connectivity index (χ4v) is 0.639. The SMILES string of the molecule is C#CC1(CCC)N=N1. The third kappa shape index (κ3) is 0.717. The summed E-state index contributed by atoms with van der Waals surface area (Å²) in [4.78, 5) is 0. The Bertz CT molecular complexity index is 146. The molecule has 42 valence electrons. The summed E-state index contributed by atoms with van der Waals surface area (Å²) >= 11 is 0. The van der Waals surface area contributed by atoms with Gasteiger partial charge in [0.1, 0.15) is 0 Å². The lowest BCUT2D eigenvalue weighted by molar-refractivity contribution is 0.665. The number of rotatable bonds is 2. The van der Waals surface area contributed by atoms with E-state index in [2.05, 4.69) is 23.1 Å². The van der Waals surface area contributed by atoms with E-state index in [4.69, 9.17) is 6.42 Å². The van der Waals surface area contributed by atoms with Gasteiger partial charge in [-0.25, -0.2) is 0 Å². The van der Waals surface area contributed by atoms with E-state index in [1.807, 2.05) is 0 Å².